The predicted molar refractivity (Wildman–Crippen MR) is 131 cm³/mol. The van der Waals surface area contributed by atoms with Crippen molar-refractivity contribution in [3.05, 3.63) is 83.8 Å². The maximum absolute atomic E-state index is 14.4. The number of rotatable bonds is 7. The highest BCUT2D eigenvalue weighted by atomic mass is 32.2. The van der Waals surface area contributed by atoms with Gasteiger partial charge in [-0.15, -0.1) is 0 Å². The second-order valence-corrected chi connectivity index (χ2v) is 11.3. The Morgan fingerprint density at radius 3 is 2.48 bits per heavy atom. The normalized spacial score (nSPS) is 17.9. The fourth-order valence-electron chi connectivity index (χ4n) is 4.60. The molecule has 210 valence electrons. The van der Waals surface area contributed by atoms with E-state index in [0.717, 1.165) is 30.3 Å². The van der Waals surface area contributed by atoms with Gasteiger partial charge in [0.15, 0.2) is 5.78 Å². The van der Waals surface area contributed by atoms with Crippen LogP contribution in [0, 0.1) is 5.82 Å². The first-order chi connectivity index (χ1) is 18.7. The molecule has 0 saturated carbocycles. The first kappa shape index (κ1) is 27.8. The lowest BCUT2D eigenvalue weighted by Crippen LogP contribution is -2.40. The molecule has 0 bridgehead atoms. The predicted octanol–water partition coefficient (Wildman–Crippen LogP) is 6.25. The smallest absolute Gasteiger partial charge is 0.416 e. The van der Waals surface area contributed by atoms with E-state index in [0.29, 0.717) is 21.1 Å². The van der Waals surface area contributed by atoms with Crippen molar-refractivity contribution in [2.75, 3.05) is 6.54 Å². The second-order valence-electron chi connectivity index (χ2n) is 9.46. The lowest BCUT2D eigenvalue weighted by atomic mass is 10.0. The SMILES string of the molecule is O=C(CCc1ccnc(-c2ccc(C(F)(F)F)cc2)c1)[C@@H]1CC(F)(F)CN1S(=O)(=O)c1cc2cc(F)ccc2o1. The number of nitrogens with zero attached hydrogens (tertiary/aromatic N) is 2. The van der Waals surface area contributed by atoms with Crippen LogP contribution in [0.1, 0.15) is 24.0 Å². The van der Waals surface area contributed by atoms with Gasteiger partial charge in [0.1, 0.15) is 11.4 Å². The van der Waals surface area contributed by atoms with E-state index in [9.17, 15) is 39.6 Å². The molecule has 4 aromatic rings. The third-order valence-corrected chi connectivity index (χ3v) is 8.32. The zero-order valence-corrected chi connectivity index (χ0v) is 21.3. The van der Waals surface area contributed by atoms with E-state index in [1.165, 1.54) is 24.4 Å². The highest BCUT2D eigenvalue weighted by Crippen LogP contribution is 2.38. The number of hydrogen-bond acceptors (Lipinski definition) is 5. The Kier molecular flexibility index (Phi) is 6.99. The molecule has 13 heteroatoms. The Labute approximate surface area is 224 Å². The van der Waals surface area contributed by atoms with E-state index in [-0.39, 0.29) is 23.8 Å². The molecule has 40 heavy (non-hydrogen) atoms. The summed E-state index contributed by atoms with van der Waals surface area (Å²) in [5.41, 5.74) is 0.518. The number of benzene rings is 2. The van der Waals surface area contributed by atoms with Crippen molar-refractivity contribution in [1.82, 2.24) is 9.29 Å². The number of aromatic nitrogens is 1. The number of halogens is 6. The molecule has 5 rings (SSSR count). The number of Topliss-reactive ketones (excluding diaryl/α,β-unsaturated/α-hetero) is 1. The molecule has 0 N–H and O–H groups in total. The van der Waals surface area contributed by atoms with Gasteiger partial charge in [0.2, 0.25) is 5.09 Å². The molecule has 0 radical (unpaired) electrons. The highest BCUT2D eigenvalue weighted by molar-refractivity contribution is 7.89. The molecule has 3 heterocycles. The molecule has 1 fully saturated rings. The number of aryl methyl sites for hydroxylation is 1. The molecule has 0 unspecified atom stereocenters. The van der Waals surface area contributed by atoms with Gasteiger partial charge < -0.3 is 4.42 Å². The summed E-state index contributed by atoms with van der Waals surface area (Å²) in [4.78, 5) is 17.2. The number of sulfonamides is 1. The van der Waals surface area contributed by atoms with Gasteiger partial charge in [-0.3, -0.25) is 9.78 Å². The van der Waals surface area contributed by atoms with Gasteiger partial charge in [0, 0.05) is 36.1 Å². The van der Waals surface area contributed by atoms with Crippen molar-refractivity contribution in [2.24, 2.45) is 0 Å². The number of alkyl halides is 5. The lowest BCUT2D eigenvalue weighted by molar-refractivity contribution is -0.137. The third-order valence-electron chi connectivity index (χ3n) is 6.61. The van der Waals surface area contributed by atoms with Gasteiger partial charge in [-0.2, -0.15) is 17.5 Å². The molecular formula is C27H20F6N2O4S. The minimum Gasteiger partial charge on any atom is -0.443 e. The van der Waals surface area contributed by atoms with E-state index in [2.05, 4.69) is 4.98 Å². The molecule has 0 aliphatic carbocycles. The summed E-state index contributed by atoms with van der Waals surface area (Å²) in [6, 6.07) is 10.1. The van der Waals surface area contributed by atoms with Gasteiger partial charge in [-0.25, -0.2) is 21.6 Å². The van der Waals surface area contributed by atoms with Crippen molar-refractivity contribution in [2.45, 2.75) is 42.5 Å². The summed E-state index contributed by atoms with van der Waals surface area (Å²) in [7, 11) is -4.67. The van der Waals surface area contributed by atoms with E-state index in [4.69, 9.17) is 4.42 Å². The average molecular weight is 583 g/mol. The number of carbonyl (C=O) groups excluding carboxylic acids is 1. The molecule has 0 spiro atoms. The molecule has 1 atom stereocenters. The van der Waals surface area contributed by atoms with Crippen molar-refractivity contribution in [3.8, 4) is 11.3 Å². The Morgan fingerprint density at radius 1 is 1.05 bits per heavy atom. The largest absolute Gasteiger partial charge is 0.443 e. The molecule has 0 amide bonds. The molecule has 1 aliphatic heterocycles. The fraction of sp³-hybridized carbons (Fsp3) is 0.259. The molecule has 6 nitrogen and oxygen atoms in total. The lowest BCUT2D eigenvalue weighted by Gasteiger charge is -2.21. The zero-order valence-electron chi connectivity index (χ0n) is 20.5. The number of ketones is 1. The first-order valence-corrected chi connectivity index (χ1v) is 13.4. The number of fused-ring (bicyclic) bond motifs is 1. The monoisotopic (exact) mass is 582 g/mol. The topological polar surface area (TPSA) is 80.5 Å². The van der Waals surface area contributed by atoms with Crippen molar-refractivity contribution in [3.63, 3.8) is 0 Å². The van der Waals surface area contributed by atoms with Crippen molar-refractivity contribution >= 4 is 26.8 Å². The van der Waals surface area contributed by atoms with Crippen LogP contribution < -0.4 is 0 Å². The Morgan fingerprint density at radius 2 is 1.77 bits per heavy atom. The summed E-state index contributed by atoms with van der Waals surface area (Å²) in [6.45, 7) is -1.22. The van der Waals surface area contributed by atoms with Crippen LogP contribution in [0.15, 0.2) is 76.4 Å². The van der Waals surface area contributed by atoms with Crippen LogP contribution in [0.5, 0.6) is 0 Å². The van der Waals surface area contributed by atoms with Crippen LogP contribution in [0.25, 0.3) is 22.2 Å². The van der Waals surface area contributed by atoms with Crippen LogP contribution >= 0.6 is 0 Å². The van der Waals surface area contributed by atoms with Gasteiger partial charge in [0.25, 0.3) is 15.9 Å². The molecule has 1 saturated heterocycles. The van der Waals surface area contributed by atoms with E-state index < -0.39 is 63.4 Å². The van der Waals surface area contributed by atoms with Crippen LogP contribution in [0.4, 0.5) is 26.3 Å². The molecule has 2 aromatic heterocycles. The van der Waals surface area contributed by atoms with Crippen molar-refractivity contribution < 1.29 is 44.0 Å². The van der Waals surface area contributed by atoms with E-state index in [1.807, 2.05) is 0 Å². The zero-order chi connectivity index (χ0) is 28.9. The maximum Gasteiger partial charge on any atom is 0.416 e. The van der Waals surface area contributed by atoms with Gasteiger partial charge >= 0.3 is 6.18 Å². The van der Waals surface area contributed by atoms with Crippen LogP contribution in [0.2, 0.25) is 0 Å². The van der Waals surface area contributed by atoms with Crippen molar-refractivity contribution in [1.29, 1.82) is 0 Å². The number of furan rings is 1. The fourth-order valence-corrected chi connectivity index (χ4v) is 6.19. The summed E-state index contributed by atoms with van der Waals surface area (Å²) in [6.07, 6.45) is -4.33. The minimum absolute atomic E-state index is 0.0374. The second kappa shape index (κ2) is 10.0. The van der Waals surface area contributed by atoms with Gasteiger partial charge in [-0.05, 0) is 54.4 Å². The third kappa shape index (κ3) is 5.61. The number of pyridine rings is 1. The van der Waals surface area contributed by atoms with E-state index >= 15 is 0 Å². The minimum atomic E-state index is -4.67. The summed E-state index contributed by atoms with van der Waals surface area (Å²) in [5, 5.41) is -0.562. The first-order valence-electron chi connectivity index (χ1n) is 12.0. The summed E-state index contributed by atoms with van der Waals surface area (Å²) >= 11 is 0. The summed E-state index contributed by atoms with van der Waals surface area (Å²) < 4.78 is 113. The van der Waals surface area contributed by atoms with E-state index in [1.54, 1.807) is 12.1 Å². The van der Waals surface area contributed by atoms with Gasteiger partial charge in [0.05, 0.1) is 23.8 Å². The standard InChI is InChI=1S/C27H20F6N2O4S/c28-20-6-8-24-18(12-20)13-25(39-24)40(37,38)35-15-26(29,30)14-22(35)23(36)7-1-16-9-10-34-21(11-16)17-2-4-19(5-3-17)27(31,32)33/h2-6,8-13,22H,1,7,14-15H2/t22-/m0/s1. The quantitative estimate of drug-likeness (QED) is 0.241. The van der Waals surface area contributed by atoms with Crippen LogP contribution in [0.3, 0.4) is 0 Å². The maximum atomic E-state index is 14.4. The highest BCUT2D eigenvalue weighted by Gasteiger charge is 2.53. The van der Waals surface area contributed by atoms with Crippen LogP contribution in [-0.4, -0.2) is 42.0 Å². The average Bonchev–Trinajstić information content (AvgIpc) is 3.48. The Balaban J connectivity index is 1.33. The van der Waals surface area contributed by atoms with Gasteiger partial charge in [-0.1, -0.05) is 12.1 Å². The molecule has 1 aliphatic rings. The summed E-state index contributed by atoms with van der Waals surface area (Å²) in [5.74, 6) is -4.84. The number of hydrogen-bond donors (Lipinski definition) is 0. The van der Waals surface area contributed by atoms with Crippen LogP contribution in [-0.2, 0) is 27.4 Å². The number of carbonyl (C=O) groups is 1. The molecule has 2 aromatic carbocycles. The molecular weight excluding hydrogens is 562 g/mol. The Bertz CT molecular complexity index is 1680. The Hall–Kier alpha value is -3.71.